The largest absolute Gasteiger partial charge is 0.497 e. The second-order valence-corrected chi connectivity index (χ2v) is 12.1. The topological polar surface area (TPSA) is 137 Å². The molecule has 0 bridgehead atoms. The highest BCUT2D eigenvalue weighted by molar-refractivity contribution is 8.00. The van der Waals surface area contributed by atoms with Crippen LogP contribution in [0.1, 0.15) is 33.6 Å². The van der Waals surface area contributed by atoms with Crippen LogP contribution < -0.4 is 19.8 Å². The van der Waals surface area contributed by atoms with Crippen molar-refractivity contribution in [2.45, 2.75) is 29.7 Å². The predicted octanol–water partition coefficient (Wildman–Crippen LogP) is 3.92. The standard InChI is InChI=1S/C31H26N4O7S2/c1-3-42-30(39)17-6-10-20(11-7-17)35-27(37)24-23(18-5-4-14-32-15-18)26-29(43-25(24)28(35)38)34(31(40)44-26)16-22(36)33-19-8-12-21(41-2)13-9-19/h4-15,23-25H,3,16H2,1-2H3,(H,33,36). The molecule has 13 heteroatoms. The smallest absolute Gasteiger partial charge is 0.338 e. The first kappa shape index (κ1) is 29.3. The fourth-order valence-electron chi connectivity index (χ4n) is 5.41. The number of hydrogen-bond donors (Lipinski definition) is 1. The Morgan fingerprint density at radius 2 is 1.75 bits per heavy atom. The molecule has 1 saturated heterocycles. The molecule has 4 heterocycles. The number of carbonyl (C=O) groups excluding carboxylic acids is 4. The molecule has 1 N–H and O–H groups in total. The van der Waals surface area contributed by atoms with Crippen LogP contribution in [0.3, 0.4) is 0 Å². The highest BCUT2D eigenvalue weighted by Crippen LogP contribution is 2.53. The van der Waals surface area contributed by atoms with E-state index in [2.05, 4.69) is 10.3 Å². The molecule has 2 aromatic carbocycles. The third kappa shape index (κ3) is 5.28. The fraction of sp³-hybridized carbons (Fsp3) is 0.226. The van der Waals surface area contributed by atoms with E-state index in [9.17, 15) is 24.0 Å². The van der Waals surface area contributed by atoms with Crippen LogP contribution >= 0.6 is 23.1 Å². The number of carbonyl (C=O) groups is 4. The molecule has 0 spiro atoms. The highest BCUT2D eigenvalue weighted by atomic mass is 32.2. The van der Waals surface area contributed by atoms with Crippen LogP contribution in [0, 0.1) is 5.92 Å². The second kappa shape index (κ2) is 12.1. The number of nitrogens with zero attached hydrogens (tertiary/aromatic N) is 3. The van der Waals surface area contributed by atoms with Gasteiger partial charge < -0.3 is 14.8 Å². The summed E-state index contributed by atoms with van der Waals surface area (Å²) in [5.74, 6) is -2.59. The van der Waals surface area contributed by atoms with Gasteiger partial charge in [0, 0.05) is 28.9 Å². The second-order valence-electron chi connectivity index (χ2n) is 10.0. The number of rotatable bonds is 8. The molecule has 0 radical (unpaired) electrons. The first-order valence-electron chi connectivity index (χ1n) is 13.7. The summed E-state index contributed by atoms with van der Waals surface area (Å²) in [6.07, 6.45) is 3.23. The Balaban J connectivity index is 1.34. The van der Waals surface area contributed by atoms with Crippen molar-refractivity contribution in [3.63, 3.8) is 0 Å². The Hall–Kier alpha value is -4.75. The molecule has 224 valence electrons. The summed E-state index contributed by atoms with van der Waals surface area (Å²) in [7, 11) is 1.55. The van der Waals surface area contributed by atoms with Crippen molar-refractivity contribution in [1.29, 1.82) is 0 Å². The maximum atomic E-state index is 14.0. The summed E-state index contributed by atoms with van der Waals surface area (Å²) in [4.78, 5) is 72.0. The van der Waals surface area contributed by atoms with Crippen molar-refractivity contribution in [3.8, 4) is 5.75 Å². The Bertz CT molecular complexity index is 1800. The summed E-state index contributed by atoms with van der Waals surface area (Å²) in [5, 5.41) is 2.41. The van der Waals surface area contributed by atoms with Gasteiger partial charge in [0.2, 0.25) is 17.7 Å². The van der Waals surface area contributed by atoms with Crippen molar-refractivity contribution in [1.82, 2.24) is 9.55 Å². The average Bonchev–Trinajstić information content (AvgIpc) is 3.48. The number of nitrogens with one attached hydrogen (secondary N) is 1. The Morgan fingerprint density at radius 1 is 1.00 bits per heavy atom. The van der Waals surface area contributed by atoms with Gasteiger partial charge in [-0.2, -0.15) is 0 Å². The fourth-order valence-corrected chi connectivity index (χ4v) is 8.18. The number of aromatic nitrogens is 2. The van der Waals surface area contributed by atoms with E-state index in [4.69, 9.17) is 9.47 Å². The maximum absolute atomic E-state index is 14.0. The predicted molar refractivity (Wildman–Crippen MR) is 164 cm³/mol. The molecule has 0 aliphatic carbocycles. The van der Waals surface area contributed by atoms with Gasteiger partial charge in [0.25, 0.3) is 0 Å². The number of hydrogen-bond acceptors (Lipinski definition) is 10. The zero-order valence-corrected chi connectivity index (χ0v) is 25.2. The molecule has 6 rings (SSSR count). The van der Waals surface area contributed by atoms with E-state index in [1.165, 1.54) is 16.7 Å². The van der Waals surface area contributed by atoms with Gasteiger partial charge in [-0.15, -0.1) is 0 Å². The number of methoxy groups -OCH3 is 1. The maximum Gasteiger partial charge on any atom is 0.338 e. The molecular formula is C31H26N4O7S2. The van der Waals surface area contributed by atoms with Crippen LogP contribution in [0.2, 0.25) is 0 Å². The van der Waals surface area contributed by atoms with Crippen LogP contribution in [0.25, 0.3) is 0 Å². The molecule has 4 aromatic rings. The molecule has 44 heavy (non-hydrogen) atoms. The lowest BCUT2D eigenvalue weighted by Gasteiger charge is -2.30. The lowest BCUT2D eigenvalue weighted by molar-refractivity contribution is -0.122. The van der Waals surface area contributed by atoms with E-state index >= 15 is 0 Å². The highest BCUT2D eigenvalue weighted by Gasteiger charge is 2.56. The number of esters is 1. The lowest BCUT2D eigenvalue weighted by Crippen LogP contribution is -2.33. The van der Waals surface area contributed by atoms with Crippen LogP contribution in [0.4, 0.5) is 11.4 Å². The number of amides is 3. The van der Waals surface area contributed by atoms with E-state index in [0.29, 0.717) is 38.2 Å². The zero-order valence-electron chi connectivity index (χ0n) is 23.6. The van der Waals surface area contributed by atoms with Gasteiger partial charge in [0.05, 0.1) is 35.9 Å². The number of imide groups is 1. The first-order chi connectivity index (χ1) is 21.3. The molecule has 3 atom stereocenters. The van der Waals surface area contributed by atoms with E-state index in [0.717, 1.165) is 28.0 Å². The summed E-state index contributed by atoms with van der Waals surface area (Å²) >= 11 is 2.08. The molecule has 3 amide bonds. The molecule has 2 aromatic heterocycles. The summed E-state index contributed by atoms with van der Waals surface area (Å²) in [6, 6.07) is 16.5. The van der Waals surface area contributed by atoms with Crippen molar-refractivity contribution < 1.29 is 28.7 Å². The van der Waals surface area contributed by atoms with Gasteiger partial charge in [-0.1, -0.05) is 29.2 Å². The van der Waals surface area contributed by atoms with Crippen molar-refractivity contribution in [2.75, 3.05) is 23.9 Å². The monoisotopic (exact) mass is 630 g/mol. The summed E-state index contributed by atoms with van der Waals surface area (Å²) in [6.45, 7) is 1.65. The normalized spacial score (nSPS) is 18.9. The van der Waals surface area contributed by atoms with Gasteiger partial charge in [-0.05, 0) is 67.1 Å². The van der Waals surface area contributed by atoms with E-state index in [1.54, 1.807) is 68.9 Å². The quantitative estimate of drug-likeness (QED) is 0.227. The number of thioether (sulfide) groups is 1. The third-order valence-electron chi connectivity index (χ3n) is 7.40. The van der Waals surface area contributed by atoms with Gasteiger partial charge in [-0.25, -0.2) is 9.69 Å². The summed E-state index contributed by atoms with van der Waals surface area (Å²) < 4.78 is 11.6. The number of fused-ring (bicyclic) bond motifs is 2. The number of ether oxygens (including phenoxy) is 2. The van der Waals surface area contributed by atoms with Crippen LogP contribution in [-0.4, -0.2) is 52.2 Å². The minimum Gasteiger partial charge on any atom is -0.497 e. The minimum atomic E-state index is -0.852. The SMILES string of the molecule is CCOC(=O)c1ccc(N2C(=O)C3Sc4c(sc(=O)n4CC(=O)Nc4ccc(OC)cc4)C(c4cccnc4)C3C2=O)cc1. The van der Waals surface area contributed by atoms with Gasteiger partial charge in [0.15, 0.2) is 0 Å². The number of anilines is 2. The summed E-state index contributed by atoms with van der Waals surface area (Å²) in [5.41, 5.74) is 1.84. The van der Waals surface area contributed by atoms with Crippen molar-refractivity contribution >= 4 is 58.2 Å². The van der Waals surface area contributed by atoms with E-state index < -0.39 is 40.8 Å². The zero-order chi connectivity index (χ0) is 31.0. The molecule has 1 fully saturated rings. The van der Waals surface area contributed by atoms with Crippen LogP contribution in [0.5, 0.6) is 5.75 Å². The molecule has 2 aliphatic rings. The minimum absolute atomic E-state index is 0.221. The van der Waals surface area contributed by atoms with E-state index in [-0.39, 0.29) is 18.0 Å². The Kier molecular flexibility index (Phi) is 8.06. The number of pyridine rings is 1. The van der Waals surface area contributed by atoms with Gasteiger partial charge >= 0.3 is 10.8 Å². The Labute approximate surface area is 259 Å². The van der Waals surface area contributed by atoms with E-state index in [1.807, 2.05) is 6.07 Å². The van der Waals surface area contributed by atoms with Crippen molar-refractivity contribution in [2.24, 2.45) is 5.92 Å². The molecule has 0 saturated carbocycles. The average molecular weight is 631 g/mol. The first-order valence-corrected chi connectivity index (χ1v) is 15.4. The molecule has 11 nitrogen and oxygen atoms in total. The van der Waals surface area contributed by atoms with Gasteiger partial charge in [0.1, 0.15) is 17.5 Å². The lowest BCUT2D eigenvalue weighted by atomic mass is 9.84. The van der Waals surface area contributed by atoms with Crippen LogP contribution in [-0.2, 0) is 25.7 Å². The third-order valence-corrected chi connectivity index (χ3v) is 10.0. The van der Waals surface area contributed by atoms with Crippen LogP contribution in [0.15, 0.2) is 82.9 Å². The number of benzene rings is 2. The van der Waals surface area contributed by atoms with Gasteiger partial charge in [-0.3, -0.25) is 28.7 Å². The molecule has 2 aliphatic heterocycles. The Morgan fingerprint density at radius 3 is 2.41 bits per heavy atom. The van der Waals surface area contributed by atoms with Crippen molar-refractivity contribution in [3.05, 3.63) is 98.7 Å². The molecule has 3 unspecified atom stereocenters. The number of thiazole rings is 1. The molecular weight excluding hydrogens is 604 g/mol.